The standard InChI is InChI=1S/C8H11N/c1-7-4-3-5-9-8(2)6-7/h4-6H,3H2,1-2H3. The molecule has 0 aromatic carbocycles. The molecule has 1 heteroatoms. The minimum atomic E-state index is 0.972. The summed E-state index contributed by atoms with van der Waals surface area (Å²) in [6.45, 7) is 4.11. The highest BCUT2D eigenvalue weighted by molar-refractivity contribution is 5.62. The van der Waals surface area contributed by atoms with Gasteiger partial charge in [-0.25, -0.2) is 0 Å². The van der Waals surface area contributed by atoms with Gasteiger partial charge in [0.25, 0.3) is 0 Å². The van der Waals surface area contributed by atoms with Crippen LogP contribution in [0.25, 0.3) is 0 Å². The molecule has 0 amide bonds. The maximum Gasteiger partial charge on any atom is 0.0371 e. The largest absolute Gasteiger partial charge is 0.266 e. The van der Waals surface area contributed by atoms with E-state index < -0.39 is 0 Å². The summed E-state index contributed by atoms with van der Waals surface area (Å²) in [6.07, 6.45) is 7.16. The van der Waals surface area contributed by atoms with E-state index in [1.165, 1.54) is 5.57 Å². The van der Waals surface area contributed by atoms with Crippen LogP contribution in [-0.4, -0.2) is 6.21 Å². The molecule has 0 fully saturated rings. The molecule has 48 valence electrons. The molecule has 0 N–H and O–H groups in total. The zero-order chi connectivity index (χ0) is 6.69. The summed E-state index contributed by atoms with van der Waals surface area (Å²) in [5.74, 6) is 0. The third-order valence-electron chi connectivity index (χ3n) is 1.28. The lowest BCUT2D eigenvalue weighted by Crippen LogP contribution is -1.67. The van der Waals surface area contributed by atoms with Crippen molar-refractivity contribution in [3.05, 3.63) is 23.4 Å². The maximum absolute atomic E-state index is 4.16. The second-order valence-corrected chi connectivity index (χ2v) is 2.28. The van der Waals surface area contributed by atoms with Crippen LogP contribution in [0, 0.1) is 0 Å². The van der Waals surface area contributed by atoms with Gasteiger partial charge in [-0.1, -0.05) is 11.6 Å². The quantitative estimate of drug-likeness (QED) is 0.466. The van der Waals surface area contributed by atoms with Crippen LogP contribution >= 0.6 is 0 Å². The number of aliphatic imine (C=N–C) groups is 1. The smallest absolute Gasteiger partial charge is 0.0371 e. The van der Waals surface area contributed by atoms with E-state index in [1.54, 1.807) is 0 Å². The maximum atomic E-state index is 4.16. The summed E-state index contributed by atoms with van der Waals surface area (Å²) in [4.78, 5) is 4.16. The Hall–Kier alpha value is -0.850. The van der Waals surface area contributed by atoms with Crippen LogP contribution in [-0.2, 0) is 0 Å². The van der Waals surface area contributed by atoms with Crippen molar-refractivity contribution in [3.8, 4) is 0 Å². The van der Waals surface area contributed by atoms with Crippen molar-refractivity contribution in [1.82, 2.24) is 0 Å². The zero-order valence-electron chi connectivity index (χ0n) is 5.89. The minimum absolute atomic E-state index is 0.972. The summed E-state index contributed by atoms with van der Waals surface area (Å²) in [5.41, 5.74) is 2.41. The van der Waals surface area contributed by atoms with Crippen LogP contribution in [0.1, 0.15) is 20.3 Å². The summed E-state index contributed by atoms with van der Waals surface area (Å²) >= 11 is 0. The molecule has 0 spiro atoms. The van der Waals surface area contributed by atoms with Crippen molar-refractivity contribution in [2.24, 2.45) is 4.99 Å². The van der Waals surface area contributed by atoms with Crippen LogP contribution < -0.4 is 0 Å². The molecule has 1 nitrogen and oxygen atoms in total. The van der Waals surface area contributed by atoms with E-state index in [0.717, 1.165) is 12.1 Å². The predicted molar refractivity (Wildman–Crippen MR) is 40.6 cm³/mol. The lowest BCUT2D eigenvalue weighted by atomic mass is 10.2. The normalized spacial score (nSPS) is 18.4. The van der Waals surface area contributed by atoms with Crippen LogP contribution in [0.15, 0.2) is 28.4 Å². The second-order valence-electron chi connectivity index (χ2n) is 2.28. The molecule has 9 heavy (non-hydrogen) atoms. The molecule has 0 saturated heterocycles. The molecule has 0 aromatic heterocycles. The molecule has 1 aliphatic heterocycles. The lowest BCUT2D eigenvalue weighted by molar-refractivity contribution is 1.30. The number of rotatable bonds is 0. The Labute approximate surface area is 55.8 Å². The molecular formula is C8H11N. The average molecular weight is 121 g/mol. The molecule has 1 rings (SSSR count). The van der Waals surface area contributed by atoms with E-state index in [4.69, 9.17) is 0 Å². The zero-order valence-corrected chi connectivity index (χ0v) is 5.89. The summed E-state index contributed by atoms with van der Waals surface area (Å²) in [7, 11) is 0. The van der Waals surface area contributed by atoms with Gasteiger partial charge >= 0.3 is 0 Å². The van der Waals surface area contributed by atoms with E-state index in [-0.39, 0.29) is 0 Å². The van der Waals surface area contributed by atoms with E-state index in [0.29, 0.717) is 0 Å². The van der Waals surface area contributed by atoms with Crippen molar-refractivity contribution in [2.75, 3.05) is 0 Å². The molecule has 0 aliphatic carbocycles. The van der Waals surface area contributed by atoms with Gasteiger partial charge in [-0.2, -0.15) is 0 Å². The van der Waals surface area contributed by atoms with E-state index in [1.807, 2.05) is 13.1 Å². The Balaban J connectivity index is 2.82. The van der Waals surface area contributed by atoms with E-state index in [9.17, 15) is 0 Å². The van der Waals surface area contributed by atoms with E-state index in [2.05, 4.69) is 24.1 Å². The molecule has 0 radical (unpaired) electrons. The van der Waals surface area contributed by atoms with Gasteiger partial charge in [-0.15, -0.1) is 0 Å². The average Bonchev–Trinajstić information content (AvgIpc) is 1.93. The fourth-order valence-electron chi connectivity index (χ4n) is 0.861. The highest BCUT2D eigenvalue weighted by Crippen LogP contribution is 2.06. The fourth-order valence-corrected chi connectivity index (χ4v) is 0.861. The van der Waals surface area contributed by atoms with Crippen molar-refractivity contribution in [3.63, 3.8) is 0 Å². The topological polar surface area (TPSA) is 12.4 Å². The van der Waals surface area contributed by atoms with Gasteiger partial charge in [-0.05, 0) is 19.9 Å². The van der Waals surface area contributed by atoms with Crippen LogP contribution in [0.3, 0.4) is 0 Å². The third-order valence-corrected chi connectivity index (χ3v) is 1.28. The van der Waals surface area contributed by atoms with Crippen molar-refractivity contribution in [1.29, 1.82) is 0 Å². The fraction of sp³-hybridized carbons (Fsp3) is 0.375. The van der Waals surface area contributed by atoms with Gasteiger partial charge in [0.2, 0.25) is 0 Å². The van der Waals surface area contributed by atoms with Gasteiger partial charge in [0.05, 0.1) is 0 Å². The second kappa shape index (κ2) is 2.62. The predicted octanol–water partition coefficient (Wildman–Crippen LogP) is 2.31. The molecule has 0 saturated carbocycles. The summed E-state index contributed by atoms with van der Waals surface area (Å²) in [6, 6.07) is 0. The molecular weight excluding hydrogens is 110 g/mol. The molecule has 1 aliphatic rings. The monoisotopic (exact) mass is 121 g/mol. The Morgan fingerprint density at radius 1 is 1.44 bits per heavy atom. The Bertz CT molecular complexity index is 185. The molecule has 0 aromatic rings. The van der Waals surface area contributed by atoms with Gasteiger partial charge in [0.1, 0.15) is 0 Å². The SMILES string of the molecule is CC1=CCC=NC(C)=C1. The number of allylic oxidation sites excluding steroid dienone is 4. The van der Waals surface area contributed by atoms with E-state index >= 15 is 0 Å². The summed E-state index contributed by atoms with van der Waals surface area (Å²) < 4.78 is 0. The van der Waals surface area contributed by atoms with Crippen LogP contribution in [0.5, 0.6) is 0 Å². The lowest BCUT2D eigenvalue weighted by Gasteiger charge is -1.87. The van der Waals surface area contributed by atoms with Crippen LogP contribution in [0.4, 0.5) is 0 Å². The van der Waals surface area contributed by atoms with Gasteiger partial charge < -0.3 is 0 Å². The number of hydrogen-bond acceptors (Lipinski definition) is 1. The molecule has 0 unspecified atom stereocenters. The first kappa shape index (κ1) is 6.27. The van der Waals surface area contributed by atoms with Crippen molar-refractivity contribution >= 4 is 6.21 Å². The van der Waals surface area contributed by atoms with Crippen LogP contribution in [0.2, 0.25) is 0 Å². The minimum Gasteiger partial charge on any atom is -0.266 e. The van der Waals surface area contributed by atoms with Crippen molar-refractivity contribution in [2.45, 2.75) is 20.3 Å². The van der Waals surface area contributed by atoms with Gasteiger partial charge in [0, 0.05) is 18.3 Å². The van der Waals surface area contributed by atoms with Crippen molar-refractivity contribution < 1.29 is 0 Å². The summed E-state index contributed by atoms with van der Waals surface area (Å²) in [5, 5.41) is 0. The number of hydrogen-bond donors (Lipinski definition) is 0. The Morgan fingerprint density at radius 2 is 2.22 bits per heavy atom. The highest BCUT2D eigenvalue weighted by Gasteiger charge is 1.88. The Kier molecular flexibility index (Phi) is 1.83. The first-order valence-corrected chi connectivity index (χ1v) is 3.16. The first-order valence-electron chi connectivity index (χ1n) is 3.16. The molecule has 0 bridgehead atoms. The van der Waals surface area contributed by atoms with Gasteiger partial charge in [0.15, 0.2) is 0 Å². The molecule has 0 atom stereocenters. The first-order chi connectivity index (χ1) is 4.29. The van der Waals surface area contributed by atoms with Gasteiger partial charge in [-0.3, -0.25) is 4.99 Å². The Morgan fingerprint density at radius 3 is 3.00 bits per heavy atom. The highest BCUT2D eigenvalue weighted by atomic mass is 14.7. The number of nitrogens with zero attached hydrogens (tertiary/aromatic N) is 1. The third kappa shape index (κ3) is 1.84. The molecule has 1 heterocycles.